The summed E-state index contributed by atoms with van der Waals surface area (Å²) in [6, 6.07) is 5.08. The van der Waals surface area contributed by atoms with E-state index in [1.54, 1.807) is 32.2 Å². The van der Waals surface area contributed by atoms with E-state index >= 15 is 0 Å². The van der Waals surface area contributed by atoms with Crippen LogP contribution in [0.1, 0.15) is 6.92 Å². The number of anilines is 1. The average Bonchev–Trinajstić information content (AvgIpc) is 2.35. The molecule has 6 N–H and O–H groups in total. The van der Waals surface area contributed by atoms with Crippen molar-refractivity contribution in [1.29, 1.82) is 0 Å². The normalized spacial score (nSPS) is 18.3. The quantitative estimate of drug-likeness (QED) is 0.476. The fraction of sp³-hybridized carbons (Fsp3) is 0.250. The van der Waals surface area contributed by atoms with Gasteiger partial charge in [-0.3, -0.25) is 4.79 Å². The van der Waals surface area contributed by atoms with Crippen LogP contribution in [0.2, 0.25) is 0 Å². The lowest BCUT2D eigenvalue weighted by atomic mass is 10.2. The fourth-order valence-electron chi connectivity index (χ4n) is 1.87. The van der Waals surface area contributed by atoms with E-state index < -0.39 is 6.10 Å². The topological polar surface area (TPSA) is 132 Å². The van der Waals surface area contributed by atoms with Crippen LogP contribution in [0.5, 0.6) is 5.75 Å². The highest BCUT2D eigenvalue weighted by atomic mass is 16.5. The summed E-state index contributed by atoms with van der Waals surface area (Å²) in [4.78, 5) is 21.0. The summed E-state index contributed by atoms with van der Waals surface area (Å²) in [7, 11) is 1.69. The molecule has 1 unspecified atom stereocenters. The van der Waals surface area contributed by atoms with E-state index in [1.165, 1.54) is 4.90 Å². The van der Waals surface area contributed by atoms with Gasteiger partial charge >= 0.3 is 0 Å². The zero-order valence-corrected chi connectivity index (χ0v) is 11.2. The number of fused-ring (bicyclic) bond motifs is 1. The van der Waals surface area contributed by atoms with Crippen LogP contribution in [-0.4, -0.2) is 31.0 Å². The number of benzene rings is 1. The molecule has 0 spiro atoms. The van der Waals surface area contributed by atoms with Crippen LogP contribution in [0, 0.1) is 0 Å². The molecule has 0 aromatic heterocycles. The summed E-state index contributed by atoms with van der Waals surface area (Å²) in [5.41, 5.74) is 17.2. The van der Waals surface area contributed by atoms with Crippen LogP contribution in [0.25, 0.3) is 0 Å². The number of carbonyl (C=O) groups excluding carboxylic acids is 1. The molecule has 1 atom stereocenters. The largest absolute Gasteiger partial charge is 0.479 e. The summed E-state index contributed by atoms with van der Waals surface area (Å²) in [6.07, 6.45) is -0.540. The first kappa shape index (κ1) is 13.7. The number of guanidine groups is 2. The smallest absolute Gasteiger partial charge is 0.267 e. The van der Waals surface area contributed by atoms with Crippen LogP contribution in [0.4, 0.5) is 11.4 Å². The maximum atomic E-state index is 11.8. The number of rotatable bonds is 1. The third-order valence-electron chi connectivity index (χ3n) is 2.77. The van der Waals surface area contributed by atoms with Crippen molar-refractivity contribution >= 4 is 29.2 Å². The number of carbonyl (C=O) groups is 1. The predicted molar refractivity (Wildman–Crippen MR) is 77.0 cm³/mol. The highest BCUT2D eigenvalue weighted by molar-refractivity contribution is 5.99. The van der Waals surface area contributed by atoms with E-state index in [4.69, 9.17) is 21.9 Å². The molecule has 1 heterocycles. The summed E-state index contributed by atoms with van der Waals surface area (Å²) in [5.74, 6) is 0.227. The Labute approximate surface area is 115 Å². The first-order chi connectivity index (χ1) is 9.38. The molecule has 1 aromatic carbocycles. The zero-order valence-electron chi connectivity index (χ0n) is 11.2. The second-order valence-electron chi connectivity index (χ2n) is 4.32. The van der Waals surface area contributed by atoms with Gasteiger partial charge in [0.1, 0.15) is 5.75 Å². The summed E-state index contributed by atoms with van der Waals surface area (Å²) < 4.78 is 5.53. The monoisotopic (exact) mass is 276 g/mol. The predicted octanol–water partition coefficient (Wildman–Crippen LogP) is -0.350. The average molecular weight is 276 g/mol. The number of amides is 1. The molecule has 8 nitrogen and oxygen atoms in total. The van der Waals surface area contributed by atoms with Crippen molar-refractivity contribution < 1.29 is 9.53 Å². The molecule has 0 radical (unpaired) electrons. The molecule has 0 bridgehead atoms. The summed E-state index contributed by atoms with van der Waals surface area (Å²) in [5, 5.41) is 0. The van der Waals surface area contributed by atoms with Crippen molar-refractivity contribution in [3.8, 4) is 5.75 Å². The van der Waals surface area contributed by atoms with Gasteiger partial charge in [0.15, 0.2) is 12.1 Å². The highest BCUT2D eigenvalue weighted by Gasteiger charge is 2.28. The number of hydrogen-bond acceptors (Lipinski definition) is 3. The molecule has 1 aliphatic rings. The number of hydrogen-bond donors (Lipinski definition) is 3. The van der Waals surface area contributed by atoms with E-state index in [0.717, 1.165) is 0 Å². The van der Waals surface area contributed by atoms with Gasteiger partial charge in [0.25, 0.3) is 5.91 Å². The second kappa shape index (κ2) is 5.08. The molecule has 8 heteroatoms. The van der Waals surface area contributed by atoms with Gasteiger partial charge in [-0.1, -0.05) is 0 Å². The van der Waals surface area contributed by atoms with Gasteiger partial charge in [-0.15, -0.1) is 0 Å². The molecule has 0 saturated carbocycles. The summed E-state index contributed by atoms with van der Waals surface area (Å²) >= 11 is 0. The van der Waals surface area contributed by atoms with Crippen LogP contribution < -0.4 is 26.8 Å². The summed E-state index contributed by atoms with van der Waals surface area (Å²) in [6.45, 7) is 1.69. The number of likely N-dealkylation sites (N-methyl/N-ethyl adjacent to an activating group) is 1. The van der Waals surface area contributed by atoms with Gasteiger partial charge in [0.2, 0.25) is 5.96 Å². The van der Waals surface area contributed by atoms with Gasteiger partial charge < -0.3 is 26.8 Å². The van der Waals surface area contributed by atoms with Gasteiger partial charge in [-0.05, 0) is 19.1 Å². The van der Waals surface area contributed by atoms with Crippen LogP contribution in [0.15, 0.2) is 28.2 Å². The SMILES string of the molecule is CC1Oc2cc(N=C(N)N=C(N)N)ccc2N(C)C1=O. The van der Waals surface area contributed by atoms with Crippen LogP contribution >= 0.6 is 0 Å². The molecule has 106 valence electrons. The van der Waals surface area contributed by atoms with Gasteiger partial charge in [0.05, 0.1) is 11.4 Å². The Hall–Kier alpha value is -2.77. The van der Waals surface area contributed by atoms with E-state index in [0.29, 0.717) is 17.1 Å². The van der Waals surface area contributed by atoms with Crippen molar-refractivity contribution in [2.45, 2.75) is 13.0 Å². The van der Waals surface area contributed by atoms with Crippen molar-refractivity contribution in [2.75, 3.05) is 11.9 Å². The molecular formula is C12H16N6O2. The van der Waals surface area contributed by atoms with Crippen molar-refractivity contribution in [3.05, 3.63) is 18.2 Å². The Morgan fingerprint density at radius 3 is 2.70 bits per heavy atom. The third-order valence-corrected chi connectivity index (χ3v) is 2.77. The van der Waals surface area contributed by atoms with Gasteiger partial charge in [0, 0.05) is 13.1 Å². The molecule has 2 rings (SSSR count). The van der Waals surface area contributed by atoms with E-state index in [9.17, 15) is 4.79 Å². The lowest BCUT2D eigenvalue weighted by Crippen LogP contribution is -2.41. The molecular weight excluding hydrogens is 260 g/mol. The Balaban J connectivity index is 2.36. The Morgan fingerprint density at radius 1 is 1.35 bits per heavy atom. The maximum Gasteiger partial charge on any atom is 0.267 e. The minimum Gasteiger partial charge on any atom is -0.479 e. The van der Waals surface area contributed by atoms with E-state index in [2.05, 4.69) is 9.98 Å². The highest BCUT2D eigenvalue weighted by Crippen LogP contribution is 2.36. The van der Waals surface area contributed by atoms with Crippen molar-refractivity contribution in [3.63, 3.8) is 0 Å². The lowest BCUT2D eigenvalue weighted by Gasteiger charge is -2.30. The number of nitrogens with two attached hydrogens (primary N) is 3. The minimum absolute atomic E-state index is 0.0572. The molecule has 0 aliphatic carbocycles. The van der Waals surface area contributed by atoms with Gasteiger partial charge in [-0.2, -0.15) is 4.99 Å². The molecule has 20 heavy (non-hydrogen) atoms. The zero-order chi connectivity index (χ0) is 14.9. The Kier molecular flexibility index (Phi) is 3.47. The molecule has 0 saturated heterocycles. The Bertz CT molecular complexity index is 606. The van der Waals surface area contributed by atoms with E-state index in [1.807, 2.05) is 0 Å². The third kappa shape index (κ3) is 2.63. The minimum atomic E-state index is -0.540. The maximum absolute atomic E-state index is 11.8. The molecule has 1 aromatic rings. The van der Waals surface area contributed by atoms with Crippen molar-refractivity contribution in [1.82, 2.24) is 0 Å². The van der Waals surface area contributed by atoms with Crippen LogP contribution in [-0.2, 0) is 4.79 Å². The second-order valence-corrected chi connectivity index (χ2v) is 4.32. The number of nitrogens with zero attached hydrogens (tertiary/aromatic N) is 3. The number of aliphatic imine (C=N–C) groups is 2. The van der Waals surface area contributed by atoms with Gasteiger partial charge in [-0.25, -0.2) is 4.99 Å². The fourth-order valence-corrected chi connectivity index (χ4v) is 1.87. The van der Waals surface area contributed by atoms with E-state index in [-0.39, 0.29) is 17.8 Å². The molecule has 1 amide bonds. The molecule has 0 fully saturated rings. The van der Waals surface area contributed by atoms with Crippen LogP contribution in [0.3, 0.4) is 0 Å². The first-order valence-corrected chi connectivity index (χ1v) is 5.90. The Morgan fingerprint density at radius 2 is 2.05 bits per heavy atom. The number of ether oxygens (including phenoxy) is 1. The lowest BCUT2D eigenvalue weighted by molar-refractivity contribution is -0.125. The van der Waals surface area contributed by atoms with Crippen molar-refractivity contribution in [2.24, 2.45) is 27.2 Å². The first-order valence-electron chi connectivity index (χ1n) is 5.90. The molecule has 1 aliphatic heterocycles. The standard InChI is InChI=1S/C12H16N6O2/c1-6-10(19)18(2)8-4-3-7(5-9(8)20-6)16-12(15)17-11(13)14/h3-6H,1-2H3,(H6,13,14,15,16,17).